The van der Waals surface area contributed by atoms with Crippen LogP contribution in [0.1, 0.15) is 21.7 Å². The van der Waals surface area contributed by atoms with E-state index in [9.17, 15) is 13.6 Å². The van der Waals surface area contributed by atoms with Crippen molar-refractivity contribution in [1.29, 1.82) is 0 Å². The van der Waals surface area contributed by atoms with Crippen LogP contribution in [0.3, 0.4) is 0 Å². The molecule has 1 amide bonds. The molecule has 3 rings (SSSR count). The lowest BCUT2D eigenvalue weighted by Crippen LogP contribution is -2.24. The maximum absolute atomic E-state index is 12.5. The fraction of sp³-hybridized carbons (Fsp3) is 0.222. The second kappa shape index (κ2) is 8.42. The molecule has 2 aromatic heterocycles. The Balaban J connectivity index is 1.72. The Hall–Kier alpha value is -3.56. The molecule has 10 heteroatoms. The predicted molar refractivity (Wildman–Crippen MR) is 94.7 cm³/mol. The molecular formula is C18H17F2N5O3. The molecule has 1 N–H and O–H groups in total. The van der Waals surface area contributed by atoms with E-state index in [2.05, 4.69) is 25.3 Å². The zero-order valence-electron chi connectivity index (χ0n) is 15.1. The lowest BCUT2D eigenvalue weighted by atomic mass is 10.2. The minimum Gasteiger partial charge on any atom is -0.481 e. The highest BCUT2D eigenvalue weighted by Crippen LogP contribution is 2.19. The third-order valence-corrected chi connectivity index (χ3v) is 3.90. The van der Waals surface area contributed by atoms with E-state index in [0.717, 1.165) is 5.56 Å². The molecule has 0 aliphatic rings. The highest BCUT2D eigenvalue weighted by molar-refractivity contribution is 5.93. The minimum absolute atomic E-state index is 0.0277. The second-order valence-electron chi connectivity index (χ2n) is 5.66. The first kappa shape index (κ1) is 19.2. The Kier molecular flexibility index (Phi) is 5.78. The van der Waals surface area contributed by atoms with Crippen LogP contribution in [0.2, 0.25) is 0 Å². The quantitative estimate of drug-likeness (QED) is 0.668. The summed E-state index contributed by atoms with van der Waals surface area (Å²) in [6.07, 6.45) is 1.59. The molecule has 0 unspecified atom stereocenters. The number of halogens is 2. The number of amides is 1. The van der Waals surface area contributed by atoms with Gasteiger partial charge in [0.25, 0.3) is 5.91 Å². The molecule has 0 aliphatic heterocycles. The molecule has 0 radical (unpaired) electrons. The van der Waals surface area contributed by atoms with Crippen LogP contribution >= 0.6 is 0 Å². The number of ether oxygens (including phenoxy) is 2. The summed E-state index contributed by atoms with van der Waals surface area (Å²) in [5, 5.41) is 10.6. The molecule has 0 aliphatic carbocycles. The average molecular weight is 389 g/mol. The highest BCUT2D eigenvalue weighted by atomic mass is 19.3. The van der Waals surface area contributed by atoms with Crippen molar-refractivity contribution in [2.75, 3.05) is 7.11 Å². The number of benzene rings is 1. The average Bonchev–Trinajstić information content (AvgIpc) is 3.08. The Labute approximate surface area is 159 Å². The SMILES string of the molecule is COc1ncccc1CNC(=O)c1nnn(-c2ccc(OC(F)F)cc2)c1C. The van der Waals surface area contributed by atoms with Gasteiger partial charge >= 0.3 is 6.61 Å². The fourth-order valence-electron chi connectivity index (χ4n) is 2.55. The number of carbonyl (C=O) groups is 1. The number of carbonyl (C=O) groups excluding carboxylic acids is 1. The van der Waals surface area contributed by atoms with E-state index >= 15 is 0 Å². The van der Waals surface area contributed by atoms with E-state index in [4.69, 9.17) is 4.74 Å². The first-order valence-corrected chi connectivity index (χ1v) is 8.23. The number of pyridine rings is 1. The van der Waals surface area contributed by atoms with Gasteiger partial charge in [0.1, 0.15) is 5.75 Å². The standard InChI is InChI=1S/C18H17F2N5O3/c1-11-15(16(26)22-10-12-4-3-9-21-17(12)27-2)23-24-25(11)13-5-7-14(8-6-13)28-18(19)20/h3-9,18H,10H2,1-2H3,(H,22,26). The first-order valence-electron chi connectivity index (χ1n) is 8.23. The van der Waals surface area contributed by atoms with Gasteiger partial charge in [-0.2, -0.15) is 8.78 Å². The molecule has 0 bridgehead atoms. The lowest BCUT2D eigenvalue weighted by Gasteiger charge is -2.08. The number of hydrogen-bond donors (Lipinski definition) is 1. The van der Waals surface area contributed by atoms with Crippen molar-refractivity contribution in [3.05, 3.63) is 59.5 Å². The maximum Gasteiger partial charge on any atom is 0.387 e. The summed E-state index contributed by atoms with van der Waals surface area (Å²) in [6, 6.07) is 9.39. The summed E-state index contributed by atoms with van der Waals surface area (Å²) in [5.41, 5.74) is 1.92. The Morgan fingerprint density at radius 3 is 2.68 bits per heavy atom. The molecule has 0 fully saturated rings. The third kappa shape index (κ3) is 4.22. The number of rotatable bonds is 7. The van der Waals surface area contributed by atoms with Gasteiger partial charge in [0.2, 0.25) is 5.88 Å². The molecule has 28 heavy (non-hydrogen) atoms. The molecular weight excluding hydrogens is 372 g/mol. The maximum atomic E-state index is 12.5. The van der Waals surface area contributed by atoms with Gasteiger partial charge in [-0.05, 0) is 37.3 Å². The van der Waals surface area contributed by atoms with E-state index in [-0.39, 0.29) is 18.0 Å². The van der Waals surface area contributed by atoms with Crippen molar-refractivity contribution >= 4 is 5.91 Å². The Morgan fingerprint density at radius 1 is 1.25 bits per heavy atom. The zero-order chi connectivity index (χ0) is 20.1. The van der Waals surface area contributed by atoms with Crippen LogP contribution in [0.15, 0.2) is 42.6 Å². The van der Waals surface area contributed by atoms with E-state index in [0.29, 0.717) is 17.3 Å². The summed E-state index contributed by atoms with van der Waals surface area (Å²) >= 11 is 0. The van der Waals surface area contributed by atoms with Gasteiger partial charge in [-0.25, -0.2) is 9.67 Å². The van der Waals surface area contributed by atoms with Crippen LogP contribution in [0.4, 0.5) is 8.78 Å². The van der Waals surface area contributed by atoms with Gasteiger partial charge in [-0.3, -0.25) is 4.79 Å². The van der Waals surface area contributed by atoms with Crippen LogP contribution in [0.5, 0.6) is 11.6 Å². The van der Waals surface area contributed by atoms with Crippen molar-refractivity contribution in [2.45, 2.75) is 20.1 Å². The number of nitrogens with zero attached hydrogens (tertiary/aromatic N) is 4. The van der Waals surface area contributed by atoms with Gasteiger partial charge in [0.15, 0.2) is 5.69 Å². The normalized spacial score (nSPS) is 10.8. The van der Waals surface area contributed by atoms with Crippen LogP contribution in [-0.2, 0) is 6.54 Å². The lowest BCUT2D eigenvalue weighted by molar-refractivity contribution is -0.0498. The number of hydrogen-bond acceptors (Lipinski definition) is 6. The Bertz CT molecular complexity index is 960. The van der Waals surface area contributed by atoms with E-state index in [1.165, 1.54) is 23.9 Å². The topological polar surface area (TPSA) is 91.2 Å². The van der Waals surface area contributed by atoms with Crippen molar-refractivity contribution < 1.29 is 23.0 Å². The van der Waals surface area contributed by atoms with Gasteiger partial charge in [0, 0.05) is 18.3 Å². The van der Waals surface area contributed by atoms with E-state index in [1.807, 2.05) is 0 Å². The van der Waals surface area contributed by atoms with Crippen molar-refractivity contribution in [3.63, 3.8) is 0 Å². The smallest absolute Gasteiger partial charge is 0.387 e. The van der Waals surface area contributed by atoms with Crippen molar-refractivity contribution in [1.82, 2.24) is 25.3 Å². The molecule has 8 nitrogen and oxygen atoms in total. The number of alkyl halides is 2. The van der Waals surface area contributed by atoms with Crippen LogP contribution < -0.4 is 14.8 Å². The Morgan fingerprint density at radius 2 is 2.00 bits per heavy atom. The van der Waals surface area contributed by atoms with Crippen LogP contribution in [0, 0.1) is 6.92 Å². The van der Waals surface area contributed by atoms with E-state index < -0.39 is 12.5 Å². The first-order chi connectivity index (χ1) is 13.5. The summed E-state index contributed by atoms with van der Waals surface area (Å²) in [4.78, 5) is 16.5. The van der Waals surface area contributed by atoms with Crippen LogP contribution in [-0.4, -0.2) is 39.6 Å². The molecule has 3 aromatic rings. The summed E-state index contributed by atoms with van der Waals surface area (Å²) in [7, 11) is 1.50. The second-order valence-corrected chi connectivity index (χ2v) is 5.66. The van der Waals surface area contributed by atoms with Gasteiger partial charge in [0.05, 0.1) is 18.5 Å². The summed E-state index contributed by atoms with van der Waals surface area (Å²) in [6.45, 7) is -1.00. The molecule has 0 atom stereocenters. The predicted octanol–water partition coefficient (Wildman–Crippen LogP) is 2.51. The van der Waals surface area contributed by atoms with Crippen LogP contribution in [0.25, 0.3) is 5.69 Å². The van der Waals surface area contributed by atoms with Gasteiger partial charge < -0.3 is 14.8 Å². The fourth-order valence-corrected chi connectivity index (χ4v) is 2.55. The largest absolute Gasteiger partial charge is 0.481 e. The van der Waals surface area contributed by atoms with Gasteiger partial charge in [-0.1, -0.05) is 11.3 Å². The van der Waals surface area contributed by atoms with E-state index in [1.54, 1.807) is 37.4 Å². The van der Waals surface area contributed by atoms with Gasteiger partial charge in [-0.15, -0.1) is 5.10 Å². The zero-order valence-corrected chi connectivity index (χ0v) is 15.1. The summed E-state index contributed by atoms with van der Waals surface area (Å²) < 4.78 is 35.4. The monoisotopic (exact) mass is 389 g/mol. The number of aromatic nitrogens is 4. The highest BCUT2D eigenvalue weighted by Gasteiger charge is 2.18. The molecule has 0 saturated carbocycles. The summed E-state index contributed by atoms with van der Waals surface area (Å²) in [5.74, 6) is 0.0431. The van der Waals surface area contributed by atoms with Crippen molar-refractivity contribution in [3.8, 4) is 17.3 Å². The molecule has 0 saturated heterocycles. The molecule has 146 valence electrons. The minimum atomic E-state index is -2.90. The third-order valence-electron chi connectivity index (χ3n) is 3.90. The molecule has 2 heterocycles. The molecule has 0 spiro atoms. The molecule has 1 aromatic carbocycles. The van der Waals surface area contributed by atoms with Crippen molar-refractivity contribution in [2.24, 2.45) is 0 Å². The number of nitrogens with one attached hydrogen (secondary N) is 1. The number of methoxy groups -OCH3 is 1.